The van der Waals surface area contributed by atoms with Crippen LogP contribution < -0.4 is 5.32 Å². The SMILES string of the molecule is CNC(=O)[C@@]1(Cc2ccc(-c3ccncc3)cc2)CN(C[C@@H](C)c2ccccc2)CCO1. The molecular formula is C27H31N3O2. The van der Waals surface area contributed by atoms with E-state index in [4.69, 9.17) is 4.74 Å². The Morgan fingerprint density at radius 3 is 2.44 bits per heavy atom. The van der Waals surface area contributed by atoms with Crippen molar-refractivity contribution in [3.05, 3.63) is 90.3 Å². The van der Waals surface area contributed by atoms with Gasteiger partial charge < -0.3 is 10.1 Å². The maximum atomic E-state index is 13.0. The average molecular weight is 430 g/mol. The fraction of sp³-hybridized carbons (Fsp3) is 0.333. The molecule has 2 aromatic carbocycles. The molecule has 2 atom stereocenters. The number of hydrogen-bond donors (Lipinski definition) is 1. The molecule has 1 aliphatic heterocycles. The first-order valence-corrected chi connectivity index (χ1v) is 11.2. The number of rotatable bonds is 7. The lowest BCUT2D eigenvalue weighted by Gasteiger charge is -2.42. The number of pyridine rings is 1. The van der Waals surface area contributed by atoms with E-state index in [-0.39, 0.29) is 5.91 Å². The highest BCUT2D eigenvalue weighted by Gasteiger charge is 2.43. The predicted molar refractivity (Wildman–Crippen MR) is 127 cm³/mol. The molecule has 0 spiro atoms. The fourth-order valence-corrected chi connectivity index (χ4v) is 4.53. The molecule has 2 heterocycles. The molecule has 1 aliphatic rings. The van der Waals surface area contributed by atoms with E-state index in [2.05, 4.69) is 70.7 Å². The molecule has 1 fully saturated rings. The van der Waals surface area contributed by atoms with Crippen LogP contribution in [-0.4, -0.2) is 54.7 Å². The molecule has 3 aromatic rings. The predicted octanol–water partition coefficient (Wildman–Crippen LogP) is 3.91. The first kappa shape index (κ1) is 22.2. The van der Waals surface area contributed by atoms with Crippen LogP contribution >= 0.6 is 0 Å². The molecule has 4 rings (SSSR count). The summed E-state index contributed by atoms with van der Waals surface area (Å²) >= 11 is 0. The number of aromatic nitrogens is 1. The zero-order chi connectivity index (χ0) is 22.4. The summed E-state index contributed by atoms with van der Waals surface area (Å²) in [4.78, 5) is 19.5. The minimum Gasteiger partial charge on any atom is -0.362 e. The van der Waals surface area contributed by atoms with Crippen molar-refractivity contribution in [3.63, 3.8) is 0 Å². The Labute approximate surface area is 190 Å². The number of ether oxygens (including phenoxy) is 1. The van der Waals surface area contributed by atoms with Crippen LogP contribution in [0.3, 0.4) is 0 Å². The maximum absolute atomic E-state index is 13.0. The van der Waals surface area contributed by atoms with E-state index >= 15 is 0 Å². The van der Waals surface area contributed by atoms with Crippen molar-refractivity contribution in [3.8, 4) is 11.1 Å². The fourth-order valence-electron chi connectivity index (χ4n) is 4.53. The minimum absolute atomic E-state index is 0.0622. The largest absolute Gasteiger partial charge is 0.362 e. The lowest BCUT2D eigenvalue weighted by Crippen LogP contribution is -2.61. The van der Waals surface area contributed by atoms with Gasteiger partial charge in [0.05, 0.1) is 6.61 Å². The van der Waals surface area contributed by atoms with Gasteiger partial charge in [-0.3, -0.25) is 14.7 Å². The summed E-state index contributed by atoms with van der Waals surface area (Å²) in [6, 6.07) is 22.9. The van der Waals surface area contributed by atoms with Crippen molar-refractivity contribution in [2.45, 2.75) is 24.9 Å². The Hall–Kier alpha value is -3.02. The van der Waals surface area contributed by atoms with Gasteiger partial charge in [0, 0.05) is 45.5 Å². The van der Waals surface area contributed by atoms with Gasteiger partial charge in [-0.2, -0.15) is 0 Å². The monoisotopic (exact) mass is 429 g/mol. The Morgan fingerprint density at radius 2 is 1.75 bits per heavy atom. The van der Waals surface area contributed by atoms with Gasteiger partial charge in [0.2, 0.25) is 0 Å². The molecule has 0 bridgehead atoms. The van der Waals surface area contributed by atoms with E-state index < -0.39 is 5.60 Å². The highest BCUT2D eigenvalue weighted by atomic mass is 16.5. The van der Waals surface area contributed by atoms with E-state index in [1.165, 1.54) is 5.56 Å². The van der Waals surface area contributed by atoms with Crippen LogP contribution in [0.2, 0.25) is 0 Å². The molecule has 166 valence electrons. The van der Waals surface area contributed by atoms with E-state index in [1.54, 1.807) is 19.4 Å². The molecule has 1 N–H and O–H groups in total. The highest BCUT2D eigenvalue weighted by molar-refractivity contribution is 5.86. The molecule has 1 saturated heterocycles. The second kappa shape index (κ2) is 10.1. The van der Waals surface area contributed by atoms with Gasteiger partial charge in [0.25, 0.3) is 5.91 Å². The number of likely N-dealkylation sites (N-methyl/N-ethyl adjacent to an activating group) is 1. The molecule has 0 unspecified atom stereocenters. The molecular weight excluding hydrogens is 398 g/mol. The van der Waals surface area contributed by atoms with Gasteiger partial charge in [0.1, 0.15) is 0 Å². The summed E-state index contributed by atoms with van der Waals surface area (Å²) in [7, 11) is 1.69. The van der Waals surface area contributed by atoms with Crippen molar-refractivity contribution in [1.29, 1.82) is 0 Å². The molecule has 0 saturated carbocycles. The van der Waals surface area contributed by atoms with Crippen molar-refractivity contribution < 1.29 is 9.53 Å². The normalized spacial score (nSPS) is 19.9. The Bertz CT molecular complexity index is 1010. The Morgan fingerprint density at radius 1 is 1.06 bits per heavy atom. The number of benzene rings is 2. The summed E-state index contributed by atoms with van der Waals surface area (Å²) in [6.45, 7) is 5.09. The summed E-state index contributed by atoms with van der Waals surface area (Å²) in [5.41, 5.74) is 3.78. The van der Waals surface area contributed by atoms with E-state index in [0.717, 1.165) is 29.8 Å². The number of morpholine rings is 1. The third kappa shape index (κ3) is 5.06. The van der Waals surface area contributed by atoms with Crippen LogP contribution in [0.1, 0.15) is 24.0 Å². The third-order valence-electron chi connectivity index (χ3n) is 6.26. The summed E-state index contributed by atoms with van der Waals surface area (Å²) in [5.74, 6) is 0.323. The smallest absolute Gasteiger partial charge is 0.253 e. The van der Waals surface area contributed by atoms with Gasteiger partial charge in [-0.15, -0.1) is 0 Å². The van der Waals surface area contributed by atoms with Crippen LogP contribution in [0.4, 0.5) is 0 Å². The van der Waals surface area contributed by atoms with Gasteiger partial charge >= 0.3 is 0 Å². The van der Waals surface area contributed by atoms with E-state index in [0.29, 0.717) is 25.5 Å². The van der Waals surface area contributed by atoms with Crippen LogP contribution in [0.25, 0.3) is 11.1 Å². The minimum atomic E-state index is -0.887. The number of hydrogen-bond acceptors (Lipinski definition) is 4. The van der Waals surface area contributed by atoms with Crippen LogP contribution in [0.15, 0.2) is 79.1 Å². The van der Waals surface area contributed by atoms with Gasteiger partial charge in [0.15, 0.2) is 5.60 Å². The van der Waals surface area contributed by atoms with Gasteiger partial charge in [-0.05, 0) is 40.3 Å². The Kier molecular flexibility index (Phi) is 6.98. The zero-order valence-electron chi connectivity index (χ0n) is 18.8. The molecule has 1 amide bonds. The standard InChI is InChI=1S/C27H31N3O2/c1-21(23-6-4-3-5-7-23)19-30-16-17-32-27(20-30,26(31)28-2)18-22-8-10-24(11-9-22)25-12-14-29-15-13-25/h3-15,21H,16-20H2,1-2H3,(H,28,31)/t21-,27-/m1/s1. The van der Waals surface area contributed by atoms with Crippen molar-refractivity contribution in [2.75, 3.05) is 33.3 Å². The number of carbonyl (C=O) groups excluding carboxylic acids is 1. The molecule has 0 aliphatic carbocycles. The lowest BCUT2D eigenvalue weighted by molar-refractivity contribution is -0.159. The van der Waals surface area contributed by atoms with Crippen LogP contribution in [0, 0.1) is 0 Å². The molecule has 1 aromatic heterocycles. The summed E-state index contributed by atoms with van der Waals surface area (Å²) in [5, 5.41) is 2.84. The van der Waals surface area contributed by atoms with E-state index in [9.17, 15) is 4.79 Å². The van der Waals surface area contributed by atoms with Crippen molar-refractivity contribution in [1.82, 2.24) is 15.2 Å². The molecule has 5 heteroatoms. The topological polar surface area (TPSA) is 54.5 Å². The second-order valence-electron chi connectivity index (χ2n) is 8.58. The van der Waals surface area contributed by atoms with Crippen LogP contribution in [-0.2, 0) is 16.0 Å². The quantitative estimate of drug-likeness (QED) is 0.619. The highest BCUT2D eigenvalue weighted by Crippen LogP contribution is 2.27. The van der Waals surface area contributed by atoms with Gasteiger partial charge in [-0.25, -0.2) is 0 Å². The molecule has 32 heavy (non-hydrogen) atoms. The lowest BCUT2D eigenvalue weighted by atomic mass is 9.89. The van der Waals surface area contributed by atoms with Crippen molar-refractivity contribution >= 4 is 5.91 Å². The van der Waals surface area contributed by atoms with Gasteiger partial charge in [-0.1, -0.05) is 61.5 Å². The first-order chi connectivity index (χ1) is 15.6. The summed E-state index contributed by atoms with van der Waals surface area (Å²) < 4.78 is 6.19. The molecule has 5 nitrogen and oxygen atoms in total. The number of amides is 1. The van der Waals surface area contributed by atoms with Crippen molar-refractivity contribution in [2.24, 2.45) is 0 Å². The number of nitrogens with zero attached hydrogens (tertiary/aromatic N) is 2. The summed E-state index contributed by atoms with van der Waals surface area (Å²) in [6.07, 6.45) is 4.13. The average Bonchev–Trinajstić information content (AvgIpc) is 2.85. The third-order valence-corrected chi connectivity index (χ3v) is 6.26. The maximum Gasteiger partial charge on any atom is 0.253 e. The van der Waals surface area contributed by atoms with E-state index in [1.807, 2.05) is 18.2 Å². The number of nitrogens with one attached hydrogen (secondary N) is 1. The molecule has 0 radical (unpaired) electrons. The van der Waals surface area contributed by atoms with Crippen LogP contribution in [0.5, 0.6) is 0 Å². The number of carbonyl (C=O) groups is 1. The Balaban J connectivity index is 1.50. The zero-order valence-corrected chi connectivity index (χ0v) is 18.8. The first-order valence-electron chi connectivity index (χ1n) is 11.2. The second-order valence-corrected chi connectivity index (χ2v) is 8.58.